The summed E-state index contributed by atoms with van der Waals surface area (Å²) in [5.74, 6) is 2.31. The van der Waals surface area contributed by atoms with Crippen LogP contribution in [0.1, 0.15) is 71.6 Å². The fourth-order valence-electron chi connectivity index (χ4n) is 4.59. The molecule has 110 valence electrons. The highest BCUT2D eigenvalue weighted by molar-refractivity contribution is 5.03. The van der Waals surface area contributed by atoms with E-state index in [2.05, 4.69) is 13.8 Å². The molecule has 0 aromatic carbocycles. The first-order valence-corrected chi connectivity index (χ1v) is 8.43. The van der Waals surface area contributed by atoms with E-state index in [-0.39, 0.29) is 11.7 Å². The zero-order chi connectivity index (χ0) is 13.5. The SMILES string of the molecule is CC1CC(CCCC2CCC3OC3(C)C2)CCC1O. The summed E-state index contributed by atoms with van der Waals surface area (Å²) in [5.41, 5.74) is 0.270. The molecule has 1 saturated heterocycles. The number of epoxide rings is 1. The van der Waals surface area contributed by atoms with Crippen molar-refractivity contribution in [1.82, 2.24) is 0 Å². The zero-order valence-corrected chi connectivity index (χ0v) is 12.6. The van der Waals surface area contributed by atoms with Gasteiger partial charge < -0.3 is 9.84 Å². The van der Waals surface area contributed by atoms with Crippen LogP contribution < -0.4 is 0 Å². The Hall–Kier alpha value is -0.0800. The van der Waals surface area contributed by atoms with Crippen LogP contribution in [-0.2, 0) is 4.74 Å². The van der Waals surface area contributed by atoms with Gasteiger partial charge in [-0.05, 0) is 63.2 Å². The predicted octanol–water partition coefficient (Wildman–Crippen LogP) is 3.91. The van der Waals surface area contributed by atoms with E-state index in [0.717, 1.165) is 18.3 Å². The highest BCUT2D eigenvalue weighted by atomic mass is 16.6. The van der Waals surface area contributed by atoms with Crippen molar-refractivity contribution in [3.05, 3.63) is 0 Å². The normalized spacial score (nSPS) is 49.7. The molecule has 0 bridgehead atoms. The Morgan fingerprint density at radius 2 is 1.84 bits per heavy atom. The molecule has 6 atom stereocenters. The number of fused-ring (bicyclic) bond motifs is 1. The van der Waals surface area contributed by atoms with Gasteiger partial charge in [0.25, 0.3) is 0 Å². The molecule has 0 aromatic heterocycles. The van der Waals surface area contributed by atoms with E-state index in [4.69, 9.17) is 4.74 Å². The van der Waals surface area contributed by atoms with Crippen molar-refractivity contribution in [2.24, 2.45) is 17.8 Å². The van der Waals surface area contributed by atoms with Gasteiger partial charge in [-0.2, -0.15) is 0 Å². The fourth-order valence-corrected chi connectivity index (χ4v) is 4.59. The second-order valence-corrected chi connectivity index (χ2v) is 7.72. The zero-order valence-electron chi connectivity index (χ0n) is 12.6. The molecule has 0 aromatic rings. The molecule has 6 unspecified atom stereocenters. The van der Waals surface area contributed by atoms with E-state index in [9.17, 15) is 5.11 Å². The van der Waals surface area contributed by atoms with Crippen molar-refractivity contribution in [2.45, 2.75) is 89.4 Å². The van der Waals surface area contributed by atoms with E-state index in [1.807, 2.05) is 0 Å². The number of rotatable bonds is 4. The third kappa shape index (κ3) is 3.16. The molecule has 2 heteroatoms. The Balaban J connectivity index is 1.34. The Kier molecular flexibility index (Phi) is 3.92. The summed E-state index contributed by atoms with van der Waals surface area (Å²) in [7, 11) is 0. The van der Waals surface area contributed by atoms with Crippen molar-refractivity contribution in [3.63, 3.8) is 0 Å². The van der Waals surface area contributed by atoms with Crippen LogP contribution in [0.4, 0.5) is 0 Å². The van der Waals surface area contributed by atoms with E-state index < -0.39 is 0 Å². The molecule has 3 fully saturated rings. The van der Waals surface area contributed by atoms with E-state index in [0.29, 0.717) is 12.0 Å². The molecule has 1 aliphatic heterocycles. The summed E-state index contributed by atoms with van der Waals surface area (Å²) in [5, 5.41) is 9.77. The van der Waals surface area contributed by atoms with Gasteiger partial charge in [-0.25, -0.2) is 0 Å². The topological polar surface area (TPSA) is 32.8 Å². The molecule has 2 saturated carbocycles. The Morgan fingerprint density at radius 1 is 1.11 bits per heavy atom. The predicted molar refractivity (Wildman–Crippen MR) is 77.0 cm³/mol. The van der Waals surface area contributed by atoms with Crippen molar-refractivity contribution >= 4 is 0 Å². The molecule has 3 rings (SSSR count). The molecule has 2 nitrogen and oxygen atoms in total. The van der Waals surface area contributed by atoms with Crippen molar-refractivity contribution < 1.29 is 9.84 Å². The van der Waals surface area contributed by atoms with Crippen LogP contribution in [0.25, 0.3) is 0 Å². The van der Waals surface area contributed by atoms with Crippen LogP contribution in [0, 0.1) is 17.8 Å². The number of aliphatic hydroxyl groups excluding tert-OH is 1. The first-order chi connectivity index (χ1) is 9.07. The monoisotopic (exact) mass is 266 g/mol. The molecule has 0 spiro atoms. The summed E-state index contributed by atoms with van der Waals surface area (Å²) in [6.45, 7) is 4.51. The van der Waals surface area contributed by atoms with Gasteiger partial charge >= 0.3 is 0 Å². The highest BCUT2D eigenvalue weighted by Gasteiger charge is 2.55. The maximum atomic E-state index is 9.77. The molecular formula is C17H30O2. The van der Waals surface area contributed by atoms with Gasteiger partial charge in [-0.15, -0.1) is 0 Å². The molecule has 0 radical (unpaired) electrons. The van der Waals surface area contributed by atoms with E-state index >= 15 is 0 Å². The fraction of sp³-hybridized carbons (Fsp3) is 1.00. The number of aliphatic hydroxyl groups is 1. The minimum absolute atomic E-state index is 0.0292. The van der Waals surface area contributed by atoms with Gasteiger partial charge in [0, 0.05) is 0 Å². The molecule has 2 aliphatic carbocycles. The average Bonchev–Trinajstić information content (AvgIpc) is 3.04. The molecule has 19 heavy (non-hydrogen) atoms. The highest BCUT2D eigenvalue weighted by Crippen LogP contribution is 2.50. The summed E-state index contributed by atoms with van der Waals surface area (Å²) < 4.78 is 5.79. The maximum Gasteiger partial charge on any atom is 0.0923 e. The lowest BCUT2D eigenvalue weighted by atomic mass is 9.76. The quantitative estimate of drug-likeness (QED) is 0.782. The summed E-state index contributed by atoms with van der Waals surface area (Å²) >= 11 is 0. The van der Waals surface area contributed by atoms with Gasteiger partial charge in [-0.1, -0.05) is 26.2 Å². The minimum Gasteiger partial charge on any atom is -0.393 e. The summed E-state index contributed by atoms with van der Waals surface area (Å²) in [6.07, 6.45) is 12.3. The standard InChI is InChI=1S/C17H30O2/c1-12-10-13(6-8-15(12)18)4-3-5-14-7-9-16-17(2,11-14)19-16/h12-16,18H,3-11H2,1-2H3. The first kappa shape index (κ1) is 13.9. The lowest BCUT2D eigenvalue weighted by molar-refractivity contribution is 0.0544. The molecule has 3 aliphatic rings. The van der Waals surface area contributed by atoms with Crippen LogP contribution in [0.5, 0.6) is 0 Å². The Morgan fingerprint density at radius 3 is 2.58 bits per heavy atom. The van der Waals surface area contributed by atoms with E-state index in [1.54, 1.807) is 0 Å². The lowest BCUT2D eigenvalue weighted by Crippen LogP contribution is -2.27. The maximum absolute atomic E-state index is 9.77. The Bertz CT molecular complexity index is 316. The molecule has 1 N–H and O–H groups in total. The largest absolute Gasteiger partial charge is 0.393 e. The first-order valence-electron chi connectivity index (χ1n) is 8.43. The van der Waals surface area contributed by atoms with Crippen LogP contribution in [-0.4, -0.2) is 22.9 Å². The second-order valence-electron chi connectivity index (χ2n) is 7.72. The third-order valence-corrected chi connectivity index (χ3v) is 6.02. The van der Waals surface area contributed by atoms with Gasteiger partial charge in [0.2, 0.25) is 0 Å². The lowest BCUT2D eigenvalue weighted by Gasteiger charge is -2.31. The van der Waals surface area contributed by atoms with Crippen molar-refractivity contribution in [1.29, 1.82) is 0 Å². The molecular weight excluding hydrogens is 236 g/mol. The Labute approximate surface area is 117 Å². The average molecular weight is 266 g/mol. The van der Waals surface area contributed by atoms with Crippen LogP contribution in [0.15, 0.2) is 0 Å². The van der Waals surface area contributed by atoms with Gasteiger partial charge in [0.1, 0.15) is 0 Å². The van der Waals surface area contributed by atoms with Crippen LogP contribution in [0.2, 0.25) is 0 Å². The number of hydrogen-bond acceptors (Lipinski definition) is 2. The smallest absolute Gasteiger partial charge is 0.0923 e. The molecule has 0 amide bonds. The third-order valence-electron chi connectivity index (χ3n) is 6.02. The second kappa shape index (κ2) is 5.37. The van der Waals surface area contributed by atoms with Crippen molar-refractivity contribution in [3.8, 4) is 0 Å². The van der Waals surface area contributed by atoms with Gasteiger partial charge in [-0.3, -0.25) is 0 Å². The summed E-state index contributed by atoms with van der Waals surface area (Å²) in [6, 6.07) is 0. The van der Waals surface area contributed by atoms with E-state index in [1.165, 1.54) is 51.4 Å². The number of ether oxygens (including phenoxy) is 1. The van der Waals surface area contributed by atoms with Crippen molar-refractivity contribution in [2.75, 3.05) is 0 Å². The molecule has 1 heterocycles. The van der Waals surface area contributed by atoms with Crippen LogP contribution >= 0.6 is 0 Å². The number of hydrogen-bond donors (Lipinski definition) is 1. The van der Waals surface area contributed by atoms with Gasteiger partial charge in [0.15, 0.2) is 0 Å². The minimum atomic E-state index is -0.0292. The van der Waals surface area contributed by atoms with Crippen LogP contribution in [0.3, 0.4) is 0 Å². The van der Waals surface area contributed by atoms with Gasteiger partial charge in [0.05, 0.1) is 17.8 Å². The summed E-state index contributed by atoms with van der Waals surface area (Å²) in [4.78, 5) is 0.